The summed E-state index contributed by atoms with van der Waals surface area (Å²) in [6.07, 6.45) is -5.41. The predicted molar refractivity (Wildman–Crippen MR) is 110 cm³/mol. The van der Waals surface area contributed by atoms with Crippen LogP contribution in [0.1, 0.15) is 11.8 Å². The first-order valence-electron chi connectivity index (χ1n) is 9.60. The molecule has 5 atom stereocenters. The average Bonchev–Trinajstić information content (AvgIpc) is 2.99. The summed E-state index contributed by atoms with van der Waals surface area (Å²) in [4.78, 5) is 51.6. The van der Waals surface area contributed by atoms with Crippen LogP contribution < -0.4 is 11.2 Å². The Morgan fingerprint density at radius 1 is 1.09 bits per heavy atom. The zero-order valence-corrected chi connectivity index (χ0v) is 18.9. The fourth-order valence-electron chi connectivity index (χ4n) is 3.29. The van der Waals surface area contributed by atoms with Crippen molar-refractivity contribution in [2.75, 3.05) is 6.61 Å². The number of aryl methyl sites for hydroxylation is 1. The second-order valence-corrected chi connectivity index (χ2v) is 10.1. The van der Waals surface area contributed by atoms with Gasteiger partial charge in [-0.2, -0.15) is 4.31 Å². The molecular formula is C17H21FN2O12P2. The number of aliphatic hydroxyl groups excluding tert-OH is 2. The van der Waals surface area contributed by atoms with Gasteiger partial charge in [0.05, 0.1) is 6.61 Å². The number of hydrogen-bond donors (Lipinski definition) is 5. The third-order valence-electron chi connectivity index (χ3n) is 4.83. The van der Waals surface area contributed by atoms with Crippen LogP contribution in [0.3, 0.4) is 0 Å². The van der Waals surface area contributed by atoms with Gasteiger partial charge in [-0.25, -0.2) is 18.3 Å². The number of ether oxygens (including phenoxy) is 1. The van der Waals surface area contributed by atoms with Gasteiger partial charge in [-0.15, -0.1) is 0 Å². The van der Waals surface area contributed by atoms with Gasteiger partial charge in [0.15, 0.2) is 6.23 Å². The highest BCUT2D eigenvalue weighted by Gasteiger charge is 2.45. The van der Waals surface area contributed by atoms with E-state index in [2.05, 4.69) is 8.83 Å². The van der Waals surface area contributed by atoms with Crippen molar-refractivity contribution in [3.8, 4) is 0 Å². The first-order valence-corrected chi connectivity index (χ1v) is 12.6. The smallest absolute Gasteiger partial charge is 0.387 e. The highest BCUT2D eigenvalue weighted by Crippen LogP contribution is 2.57. The van der Waals surface area contributed by atoms with Crippen LogP contribution in [-0.2, 0) is 35.7 Å². The van der Waals surface area contributed by atoms with E-state index >= 15 is 0 Å². The molecule has 0 aliphatic carbocycles. The SMILES string of the molecule is O=c1ccn([C@@H]2O[C@H](COP(=O)(O)OP(=O)(O)O)C(O)[C@@H]2O)c(=O)n1CCc1cccc(F)c1. The molecule has 2 aromatic rings. The standard InChI is InChI=1S/C17H21FN2O12P2/c18-11-3-1-2-10(8-11)4-6-19-13(21)5-7-20(17(19)24)16-15(23)14(22)12(31-16)9-30-34(28,29)32-33(25,26)27/h1-3,5,7-8,12,14-16,22-23H,4,6,9H2,(H,28,29)(H2,25,26,27)/t12-,14?,15+,16-/m1/s1. The van der Waals surface area contributed by atoms with E-state index in [1.54, 1.807) is 6.07 Å². The number of phosphoric acid groups is 2. The molecule has 1 aromatic heterocycles. The molecule has 17 heteroatoms. The van der Waals surface area contributed by atoms with Crippen molar-refractivity contribution in [1.29, 1.82) is 0 Å². The van der Waals surface area contributed by atoms with Gasteiger partial charge < -0.3 is 29.6 Å². The van der Waals surface area contributed by atoms with E-state index in [0.717, 1.165) is 21.4 Å². The van der Waals surface area contributed by atoms with Crippen molar-refractivity contribution in [3.05, 3.63) is 68.7 Å². The van der Waals surface area contributed by atoms with Crippen LogP contribution >= 0.6 is 15.6 Å². The van der Waals surface area contributed by atoms with E-state index in [9.17, 15) is 38.2 Å². The van der Waals surface area contributed by atoms with Crippen LogP contribution in [0.4, 0.5) is 4.39 Å². The molecular weight excluding hydrogens is 505 g/mol. The maximum absolute atomic E-state index is 13.4. The first-order chi connectivity index (χ1) is 15.8. The topological polar surface area (TPSA) is 207 Å². The van der Waals surface area contributed by atoms with Gasteiger partial charge in [-0.05, 0) is 24.1 Å². The fraction of sp³-hybridized carbons (Fsp3) is 0.412. The first kappa shape index (κ1) is 26.6. The fourth-order valence-corrected chi connectivity index (χ4v) is 4.89. The molecule has 1 aliphatic heterocycles. The summed E-state index contributed by atoms with van der Waals surface area (Å²) in [5.74, 6) is -0.487. The van der Waals surface area contributed by atoms with Crippen LogP contribution in [-0.4, -0.2) is 58.9 Å². The summed E-state index contributed by atoms with van der Waals surface area (Å²) in [7, 11) is -10.6. The Bertz CT molecular complexity index is 1240. The van der Waals surface area contributed by atoms with E-state index in [4.69, 9.17) is 14.5 Å². The van der Waals surface area contributed by atoms with E-state index in [1.165, 1.54) is 18.2 Å². The Morgan fingerprint density at radius 3 is 2.44 bits per heavy atom. The quantitative estimate of drug-likeness (QED) is 0.256. The summed E-state index contributed by atoms with van der Waals surface area (Å²) in [6.45, 7) is -1.08. The molecule has 3 rings (SSSR count). The number of rotatable bonds is 9. The van der Waals surface area contributed by atoms with E-state index < -0.39 is 63.9 Å². The lowest BCUT2D eigenvalue weighted by Gasteiger charge is -2.19. The monoisotopic (exact) mass is 526 g/mol. The van der Waals surface area contributed by atoms with Crippen LogP contribution in [0.25, 0.3) is 0 Å². The minimum Gasteiger partial charge on any atom is -0.387 e. The van der Waals surface area contributed by atoms with Crippen molar-refractivity contribution >= 4 is 15.6 Å². The lowest BCUT2D eigenvalue weighted by Crippen LogP contribution is -2.43. The van der Waals surface area contributed by atoms with E-state index in [0.29, 0.717) is 5.56 Å². The molecule has 188 valence electrons. The van der Waals surface area contributed by atoms with Crippen molar-refractivity contribution in [3.63, 3.8) is 0 Å². The lowest BCUT2D eigenvalue weighted by atomic mass is 10.1. The summed E-state index contributed by atoms with van der Waals surface area (Å²) in [5, 5.41) is 20.5. The molecule has 34 heavy (non-hydrogen) atoms. The molecule has 14 nitrogen and oxygen atoms in total. The summed E-state index contributed by atoms with van der Waals surface area (Å²) in [5.41, 5.74) is -1.07. The van der Waals surface area contributed by atoms with Gasteiger partial charge in [0, 0.05) is 18.8 Å². The molecule has 0 saturated carbocycles. The Labute approximate surface area is 190 Å². The minimum atomic E-state index is -5.37. The number of halogens is 1. The number of hydrogen-bond acceptors (Lipinski definition) is 9. The summed E-state index contributed by atoms with van der Waals surface area (Å²) in [6, 6.07) is 6.57. The Hall–Kier alpha value is -2.03. The molecule has 0 spiro atoms. The second-order valence-electron chi connectivity index (χ2n) is 7.26. The molecule has 2 unspecified atom stereocenters. The Morgan fingerprint density at radius 2 is 1.79 bits per heavy atom. The van der Waals surface area contributed by atoms with Gasteiger partial charge in [0.25, 0.3) is 5.56 Å². The second kappa shape index (κ2) is 10.3. The van der Waals surface area contributed by atoms with Gasteiger partial charge in [-0.1, -0.05) is 12.1 Å². The highest BCUT2D eigenvalue weighted by atomic mass is 31.3. The van der Waals surface area contributed by atoms with Crippen molar-refractivity contribution < 1.29 is 52.0 Å². The zero-order valence-electron chi connectivity index (χ0n) is 17.2. The Kier molecular flexibility index (Phi) is 8.05. The molecule has 1 aliphatic rings. The molecule has 1 aromatic carbocycles. The van der Waals surface area contributed by atoms with Crippen molar-refractivity contribution in [2.24, 2.45) is 0 Å². The predicted octanol–water partition coefficient (Wildman–Crippen LogP) is -0.763. The van der Waals surface area contributed by atoms with E-state index in [1.807, 2.05) is 0 Å². The molecule has 1 saturated heterocycles. The number of aliphatic hydroxyl groups is 2. The number of nitrogens with zero attached hydrogens (tertiary/aromatic N) is 2. The third kappa shape index (κ3) is 6.55. The number of aromatic nitrogens is 2. The van der Waals surface area contributed by atoms with Crippen LogP contribution in [0.2, 0.25) is 0 Å². The maximum Gasteiger partial charge on any atom is 0.481 e. The molecule has 2 heterocycles. The minimum absolute atomic E-state index is 0.132. The molecule has 0 bridgehead atoms. The number of phosphoric ester groups is 1. The third-order valence-corrected chi connectivity index (χ3v) is 6.98. The lowest BCUT2D eigenvalue weighted by molar-refractivity contribution is -0.0548. The largest absolute Gasteiger partial charge is 0.481 e. The Balaban J connectivity index is 1.76. The number of benzene rings is 1. The summed E-state index contributed by atoms with van der Waals surface area (Å²) < 4.78 is 50.6. The average molecular weight is 526 g/mol. The zero-order chi connectivity index (χ0) is 25.3. The molecule has 1 fully saturated rings. The van der Waals surface area contributed by atoms with Gasteiger partial charge in [-0.3, -0.25) is 18.5 Å². The van der Waals surface area contributed by atoms with Crippen LogP contribution in [0, 0.1) is 5.82 Å². The highest BCUT2D eigenvalue weighted by molar-refractivity contribution is 7.60. The van der Waals surface area contributed by atoms with E-state index in [-0.39, 0.29) is 13.0 Å². The summed E-state index contributed by atoms with van der Waals surface area (Å²) >= 11 is 0. The molecule has 5 N–H and O–H groups in total. The normalized spacial score (nSPS) is 24.8. The molecule has 0 amide bonds. The van der Waals surface area contributed by atoms with Gasteiger partial charge in [0.1, 0.15) is 24.1 Å². The van der Waals surface area contributed by atoms with Crippen molar-refractivity contribution in [2.45, 2.75) is 37.5 Å². The molecule has 0 radical (unpaired) electrons. The van der Waals surface area contributed by atoms with Gasteiger partial charge >= 0.3 is 21.3 Å². The van der Waals surface area contributed by atoms with Crippen molar-refractivity contribution in [1.82, 2.24) is 9.13 Å². The van der Waals surface area contributed by atoms with Gasteiger partial charge in [0.2, 0.25) is 0 Å². The van der Waals surface area contributed by atoms with Crippen LogP contribution in [0.5, 0.6) is 0 Å². The van der Waals surface area contributed by atoms with Crippen LogP contribution in [0.15, 0.2) is 46.1 Å². The maximum atomic E-state index is 13.4.